The molecule has 0 aliphatic rings. The van der Waals surface area contributed by atoms with E-state index in [-0.39, 0.29) is 6.61 Å². The summed E-state index contributed by atoms with van der Waals surface area (Å²) in [6, 6.07) is 0. The molecule has 0 fully saturated rings. The van der Waals surface area contributed by atoms with E-state index in [9.17, 15) is 5.11 Å². The van der Waals surface area contributed by atoms with Gasteiger partial charge in [0.2, 0.25) is 0 Å². The van der Waals surface area contributed by atoms with Crippen LogP contribution in [0.4, 0.5) is 5.82 Å². The molecule has 4 heteroatoms. The summed E-state index contributed by atoms with van der Waals surface area (Å²) in [5, 5.41) is 13.8. The Hall–Kier alpha value is -1.03. The molecule has 0 amide bonds. The number of hydrogen-bond donors (Lipinski definition) is 1. The number of hydrogen-bond acceptors (Lipinski definition) is 3. The Morgan fingerprint density at radius 1 is 1.38 bits per heavy atom. The van der Waals surface area contributed by atoms with E-state index in [0.29, 0.717) is 0 Å². The van der Waals surface area contributed by atoms with E-state index in [1.807, 2.05) is 18.7 Å². The molecule has 16 heavy (non-hydrogen) atoms. The van der Waals surface area contributed by atoms with Crippen LogP contribution in [0.15, 0.2) is 0 Å². The predicted octanol–water partition coefficient (Wildman–Crippen LogP) is 1.85. The monoisotopic (exact) mass is 225 g/mol. The fraction of sp³-hybridized carbons (Fsp3) is 0.750. The van der Waals surface area contributed by atoms with Gasteiger partial charge in [-0.2, -0.15) is 5.10 Å². The van der Waals surface area contributed by atoms with Crippen LogP contribution in [0.3, 0.4) is 0 Å². The summed E-state index contributed by atoms with van der Waals surface area (Å²) in [6.07, 6.45) is 2.35. The van der Waals surface area contributed by atoms with E-state index >= 15 is 0 Å². The number of aliphatic hydroxyl groups is 1. The average molecular weight is 225 g/mol. The van der Waals surface area contributed by atoms with Crippen LogP contribution in [0.1, 0.15) is 37.9 Å². The maximum atomic E-state index is 9.40. The lowest BCUT2D eigenvalue weighted by molar-refractivity contribution is 0.281. The van der Waals surface area contributed by atoms with Crippen molar-refractivity contribution in [2.24, 2.45) is 7.05 Å². The smallest absolute Gasteiger partial charge is 0.132 e. The van der Waals surface area contributed by atoms with Crippen molar-refractivity contribution in [1.82, 2.24) is 9.78 Å². The van der Waals surface area contributed by atoms with Crippen LogP contribution in [0.5, 0.6) is 0 Å². The molecular weight excluding hydrogens is 202 g/mol. The third-order valence-electron chi connectivity index (χ3n) is 2.93. The maximum Gasteiger partial charge on any atom is 0.132 e. The highest BCUT2D eigenvalue weighted by molar-refractivity contribution is 5.49. The van der Waals surface area contributed by atoms with Gasteiger partial charge in [-0.3, -0.25) is 4.68 Å². The second kappa shape index (κ2) is 5.89. The molecule has 0 unspecified atom stereocenters. The topological polar surface area (TPSA) is 41.3 Å². The van der Waals surface area contributed by atoms with Crippen molar-refractivity contribution < 1.29 is 5.11 Å². The second-order valence-corrected chi connectivity index (χ2v) is 4.10. The lowest BCUT2D eigenvalue weighted by atomic mass is 10.2. The molecule has 0 aromatic carbocycles. The summed E-state index contributed by atoms with van der Waals surface area (Å²) >= 11 is 0. The van der Waals surface area contributed by atoms with E-state index < -0.39 is 0 Å². The Balaban J connectivity index is 2.98. The number of nitrogens with zero attached hydrogens (tertiary/aromatic N) is 3. The van der Waals surface area contributed by atoms with Crippen molar-refractivity contribution in [3.05, 3.63) is 11.3 Å². The Morgan fingerprint density at radius 3 is 2.56 bits per heavy atom. The van der Waals surface area contributed by atoms with Crippen molar-refractivity contribution in [3.8, 4) is 0 Å². The molecule has 0 radical (unpaired) electrons. The summed E-state index contributed by atoms with van der Waals surface area (Å²) in [5.41, 5.74) is 1.88. The molecule has 0 bridgehead atoms. The Morgan fingerprint density at radius 2 is 2.06 bits per heavy atom. The van der Waals surface area contributed by atoms with Crippen LogP contribution < -0.4 is 4.90 Å². The van der Waals surface area contributed by atoms with Gasteiger partial charge in [0.15, 0.2) is 0 Å². The number of anilines is 1. The van der Waals surface area contributed by atoms with E-state index in [2.05, 4.69) is 23.8 Å². The minimum absolute atomic E-state index is 0.0671. The van der Waals surface area contributed by atoms with Gasteiger partial charge < -0.3 is 10.0 Å². The molecule has 0 aliphatic heterocycles. The zero-order valence-corrected chi connectivity index (χ0v) is 10.8. The molecule has 0 atom stereocenters. The SMILES string of the molecule is CCCCN(CC)c1c(CO)c(C)nn1C. The highest BCUT2D eigenvalue weighted by Crippen LogP contribution is 2.23. The maximum absolute atomic E-state index is 9.40. The van der Waals surface area contributed by atoms with Crippen LogP contribution in [0.25, 0.3) is 0 Å². The zero-order valence-electron chi connectivity index (χ0n) is 10.8. The van der Waals surface area contributed by atoms with E-state index in [0.717, 1.165) is 30.2 Å². The van der Waals surface area contributed by atoms with Gasteiger partial charge >= 0.3 is 0 Å². The molecule has 1 N–H and O–H groups in total. The first-order chi connectivity index (χ1) is 7.65. The minimum Gasteiger partial charge on any atom is -0.391 e. The highest BCUT2D eigenvalue weighted by atomic mass is 16.3. The van der Waals surface area contributed by atoms with E-state index in [1.54, 1.807) is 0 Å². The quantitative estimate of drug-likeness (QED) is 0.803. The Kier molecular flexibility index (Phi) is 4.80. The predicted molar refractivity (Wildman–Crippen MR) is 66.7 cm³/mol. The van der Waals surface area contributed by atoms with Crippen LogP contribution >= 0.6 is 0 Å². The third kappa shape index (κ3) is 2.55. The van der Waals surface area contributed by atoms with Crippen molar-refractivity contribution in [2.45, 2.75) is 40.2 Å². The molecule has 1 heterocycles. The van der Waals surface area contributed by atoms with Gasteiger partial charge in [0.05, 0.1) is 12.3 Å². The lowest BCUT2D eigenvalue weighted by Crippen LogP contribution is -2.27. The van der Waals surface area contributed by atoms with Crippen LogP contribution in [0, 0.1) is 6.92 Å². The number of aryl methyl sites for hydroxylation is 2. The Labute approximate surface area is 97.9 Å². The van der Waals surface area contributed by atoms with Crippen LogP contribution in [-0.4, -0.2) is 28.0 Å². The number of aliphatic hydroxyl groups excluding tert-OH is 1. The molecular formula is C12H23N3O. The fourth-order valence-corrected chi connectivity index (χ4v) is 2.03. The van der Waals surface area contributed by atoms with Gasteiger partial charge in [-0.25, -0.2) is 0 Å². The molecule has 0 saturated carbocycles. The summed E-state index contributed by atoms with van der Waals surface area (Å²) in [7, 11) is 1.94. The van der Waals surface area contributed by atoms with Gasteiger partial charge in [-0.15, -0.1) is 0 Å². The second-order valence-electron chi connectivity index (χ2n) is 4.10. The van der Waals surface area contributed by atoms with Crippen LogP contribution in [0.2, 0.25) is 0 Å². The summed E-state index contributed by atoms with van der Waals surface area (Å²) in [4.78, 5) is 2.29. The molecule has 1 rings (SSSR count). The lowest BCUT2D eigenvalue weighted by Gasteiger charge is -2.24. The van der Waals surface area contributed by atoms with Gasteiger partial charge in [0.1, 0.15) is 5.82 Å². The van der Waals surface area contributed by atoms with Crippen LogP contribution in [-0.2, 0) is 13.7 Å². The summed E-state index contributed by atoms with van der Waals surface area (Å²) in [5.74, 6) is 1.07. The molecule has 92 valence electrons. The molecule has 1 aromatic heterocycles. The summed E-state index contributed by atoms with van der Waals surface area (Å²) < 4.78 is 1.88. The Bertz CT molecular complexity index is 333. The molecule has 0 spiro atoms. The van der Waals surface area contributed by atoms with Gasteiger partial charge in [-0.1, -0.05) is 13.3 Å². The normalized spacial score (nSPS) is 10.8. The highest BCUT2D eigenvalue weighted by Gasteiger charge is 2.17. The minimum atomic E-state index is 0.0671. The first-order valence-corrected chi connectivity index (χ1v) is 6.03. The van der Waals surface area contributed by atoms with Crippen molar-refractivity contribution in [2.75, 3.05) is 18.0 Å². The van der Waals surface area contributed by atoms with Crippen molar-refractivity contribution in [1.29, 1.82) is 0 Å². The number of aromatic nitrogens is 2. The summed E-state index contributed by atoms with van der Waals surface area (Å²) in [6.45, 7) is 8.32. The van der Waals surface area contributed by atoms with Gasteiger partial charge in [0.25, 0.3) is 0 Å². The molecule has 4 nitrogen and oxygen atoms in total. The number of unbranched alkanes of at least 4 members (excludes halogenated alkanes) is 1. The molecule has 0 aliphatic carbocycles. The van der Waals surface area contributed by atoms with E-state index in [1.165, 1.54) is 12.8 Å². The molecule has 0 saturated heterocycles. The van der Waals surface area contributed by atoms with Crippen molar-refractivity contribution >= 4 is 5.82 Å². The standard InChI is InChI=1S/C12H23N3O/c1-5-7-8-15(6-2)12-11(9-16)10(3)13-14(12)4/h16H,5-9H2,1-4H3. The average Bonchev–Trinajstić information content (AvgIpc) is 2.55. The largest absolute Gasteiger partial charge is 0.391 e. The first kappa shape index (κ1) is 13.0. The van der Waals surface area contributed by atoms with E-state index in [4.69, 9.17) is 0 Å². The van der Waals surface area contributed by atoms with Crippen molar-refractivity contribution in [3.63, 3.8) is 0 Å². The van der Waals surface area contributed by atoms with Gasteiger partial charge in [0, 0.05) is 25.7 Å². The van der Waals surface area contributed by atoms with Gasteiger partial charge in [-0.05, 0) is 20.3 Å². The zero-order chi connectivity index (χ0) is 12.1. The molecule has 1 aromatic rings. The first-order valence-electron chi connectivity index (χ1n) is 6.03. The fourth-order valence-electron chi connectivity index (χ4n) is 2.03. The third-order valence-corrected chi connectivity index (χ3v) is 2.93. The number of rotatable bonds is 6.